The van der Waals surface area contributed by atoms with Crippen molar-refractivity contribution in [3.05, 3.63) is 69.8 Å². The van der Waals surface area contributed by atoms with Gasteiger partial charge in [0, 0.05) is 38.3 Å². The zero-order chi connectivity index (χ0) is 20.4. The van der Waals surface area contributed by atoms with E-state index in [9.17, 15) is 9.59 Å². The number of rotatable bonds is 4. The topological polar surface area (TPSA) is 61.4 Å². The molecule has 0 bridgehead atoms. The minimum absolute atomic E-state index is 0. The lowest BCUT2D eigenvalue weighted by Gasteiger charge is -2.32. The number of hydrogen-bond donors (Lipinski definition) is 2. The van der Waals surface area contributed by atoms with E-state index in [-0.39, 0.29) is 30.1 Å². The first-order valence-electron chi connectivity index (χ1n) is 10.5. The maximum atomic E-state index is 12.9. The molecule has 2 N–H and O–H groups in total. The number of halogens is 1. The summed E-state index contributed by atoms with van der Waals surface area (Å²) in [5, 5.41) is 6.42. The highest BCUT2D eigenvalue weighted by atomic mass is 35.5. The quantitative estimate of drug-likeness (QED) is 0.785. The average molecular weight is 428 g/mol. The molecule has 0 saturated carbocycles. The number of hydrogen-bond acceptors (Lipinski definition) is 3. The van der Waals surface area contributed by atoms with Crippen LogP contribution >= 0.6 is 12.4 Å². The fraction of sp³-hybridized carbons (Fsp3) is 0.417. The van der Waals surface area contributed by atoms with Gasteiger partial charge in [0.05, 0.1) is 5.92 Å². The van der Waals surface area contributed by atoms with Crippen LogP contribution in [0.4, 0.5) is 0 Å². The van der Waals surface area contributed by atoms with Gasteiger partial charge in [0.1, 0.15) is 0 Å². The largest absolute Gasteiger partial charge is 0.352 e. The van der Waals surface area contributed by atoms with Crippen LogP contribution in [-0.4, -0.2) is 29.8 Å². The van der Waals surface area contributed by atoms with Gasteiger partial charge >= 0.3 is 0 Å². The third-order valence-electron chi connectivity index (χ3n) is 5.92. The molecule has 1 saturated heterocycles. The van der Waals surface area contributed by atoms with Crippen LogP contribution in [0, 0.1) is 19.8 Å². The number of nitrogens with one attached hydrogen (secondary N) is 2. The molecular formula is C24H30ClN3O2. The van der Waals surface area contributed by atoms with Gasteiger partial charge in [0.25, 0.3) is 5.91 Å². The molecule has 1 fully saturated rings. The summed E-state index contributed by atoms with van der Waals surface area (Å²) in [4.78, 5) is 27.5. The SMILES string of the molecule is Cc1cc(C)cc(C(=O)N2CCCC(C(=O)NCc3ccc4c(c3)CNC4)C2)c1.Cl. The molecule has 1 unspecified atom stereocenters. The number of nitrogens with zero attached hydrogens (tertiary/aromatic N) is 1. The second-order valence-electron chi connectivity index (χ2n) is 8.39. The molecule has 4 rings (SSSR count). The number of likely N-dealkylation sites (tertiary alicyclic amines) is 1. The Bertz CT molecular complexity index is 924. The Morgan fingerprint density at radius 2 is 1.80 bits per heavy atom. The summed E-state index contributed by atoms with van der Waals surface area (Å²) in [5.74, 6) is -0.0725. The summed E-state index contributed by atoms with van der Waals surface area (Å²) in [7, 11) is 0. The van der Waals surface area contributed by atoms with E-state index in [2.05, 4.69) is 34.9 Å². The smallest absolute Gasteiger partial charge is 0.253 e. The van der Waals surface area contributed by atoms with Crippen LogP contribution < -0.4 is 10.6 Å². The second kappa shape index (κ2) is 9.63. The van der Waals surface area contributed by atoms with Crippen molar-refractivity contribution >= 4 is 24.2 Å². The molecule has 2 aromatic carbocycles. The molecule has 2 aromatic rings. The summed E-state index contributed by atoms with van der Waals surface area (Å²) in [6.07, 6.45) is 1.69. The zero-order valence-electron chi connectivity index (χ0n) is 17.7. The van der Waals surface area contributed by atoms with Gasteiger partial charge in [0.2, 0.25) is 5.91 Å². The van der Waals surface area contributed by atoms with Crippen molar-refractivity contribution in [1.29, 1.82) is 0 Å². The predicted molar refractivity (Wildman–Crippen MR) is 121 cm³/mol. The monoisotopic (exact) mass is 427 g/mol. The van der Waals surface area contributed by atoms with Crippen LogP contribution in [0.5, 0.6) is 0 Å². The maximum Gasteiger partial charge on any atom is 0.253 e. The minimum Gasteiger partial charge on any atom is -0.352 e. The van der Waals surface area contributed by atoms with Gasteiger partial charge in [-0.05, 0) is 55.5 Å². The third-order valence-corrected chi connectivity index (χ3v) is 5.92. The summed E-state index contributed by atoms with van der Waals surface area (Å²) >= 11 is 0. The number of benzene rings is 2. The Morgan fingerprint density at radius 3 is 2.57 bits per heavy atom. The summed E-state index contributed by atoms with van der Waals surface area (Å²) in [5.41, 5.74) is 6.68. The average Bonchev–Trinajstić information content (AvgIpc) is 3.18. The van der Waals surface area contributed by atoms with Crippen molar-refractivity contribution in [2.24, 2.45) is 5.92 Å². The molecule has 30 heavy (non-hydrogen) atoms. The normalized spacial score (nSPS) is 17.8. The Morgan fingerprint density at radius 1 is 1.07 bits per heavy atom. The van der Waals surface area contributed by atoms with E-state index in [0.29, 0.717) is 19.6 Å². The van der Waals surface area contributed by atoms with Gasteiger partial charge in [-0.3, -0.25) is 9.59 Å². The summed E-state index contributed by atoms with van der Waals surface area (Å²) in [6, 6.07) is 12.3. The molecule has 2 heterocycles. The molecule has 2 aliphatic heterocycles. The van der Waals surface area contributed by atoms with Gasteiger partial charge in [-0.15, -0.1) is 12.4 Å². The lowest BCUT2D eigenvalue weighted by Crippen LogP contribution is -2.45. The Labute approximate surface area is 184 Å². The molecule has 1 atom stereocenters. The standard InChI is InChI=1S/C24H29N3O2.ClH/c1-16-8-17(2)10-21(9-16)24(29)27-7-3-4-20(15-27)23(28)26-12-18-5-6-19-13-25-14-22(19)11-18;/h5-6,8-11,20,25H,3-4,7,12-15H2,1-2H3,(H,26,28);1H. The van der Waals surface area contributed by atoms with Gasteiger partial charge in [-0.1, -0.05) is 35.4 Å². The molecular weight excluding hydrogens is 398 g/mol. The highest BCUT2D eigenvalue weighted by Crippen LogP contribution is 2.21. The van der Waals surface area contributed by atoms with E-state index in [1.165, 1.54) is 11.1 Å². The Hall–Kier alpha value is -2.37. The second-order valence-corrected chi connectivity index (χ2v) is 8.39. The fourth-order valence-corrected chi connectivity index (χ4v) is 4.45. The number of aryl methyl sites for hydroxylation is 2. The first-order chi connectivity index (χ1) is 14.0. The van der Waals surface area contributed by atoms with E-state index in [0.717, 1.165) is 48.2 Å². The van der Waals surface area contributed by atoms with Crippen LogP contribution in [0.25, 0.3) is 0 Å². The molecule has 6 heteroatoms. The number of piperidine rings is 1. The first-order valence-corrected chi connectivity index (χ1v) is 10.5. The highest BCUT2D eigenvalue weighted by molar-refractivity contribution is 5.95. The lowest BCUT2D eigenvalue weighted by atomic mass is 9.96. The predicted octanol–water partition coefficient (Wildman–Crippen LogP) is 3.50. The summed E-state index contributed by atoms with van der Waals surface area (Å²) < 4.78 is 0. The highest BCUT2D eigenvalue weighted by Gasteiger charge is 2.29. The van der Waals surface area contributed by atoms with Crippen molar-refractivity contribution in [1.82, 2.24) is 15.5 Å². The molecule has 5 nitrogen and oxygen atoms in total. The van der Waals surface area contributed by atoms with Crippen LogP contribution in [0.15, 0.2) is 36.4 Å². The minimum atomic E-state index is -0.144. The van der Waals surface area contributed by atoms with Crippen LogP contribution in [0.1, 0.15) is 51.0 Å². The number of carbonyl (C=O) groups is 2. The van der Waals surface area contributed by atoms with Crippen LogP contribution in [0.3, 0.4) is 0 Å². The lowest BCUT2D eigenvalue weighted by molar-refractivity contribution is -0.126. The molecule has 160 valence electrons. The van der Waals surface area contributed by atoms with Crippen LogP contribution in [0.2, 0.25) is 0 Å². The molecule has 2 aliphatic rings. The summed E-state index contributed by atoms with van der Waals surface area (Å²) in [6.45, 7) is 7.58. The molecule has 0 aliphatic carbocycles. The Balaban J connectivity index is 0.00000256. The Kier molecular flexibility index (Phi) is 7.16. The van der Waals surface area contributed by atoms with E-state index in [1.807, 2.05) is 30.9 Å². The fourth-order valence-electron chi connectivity index (χ4n) is 4.45. The van der Waals surface area contributed by atoms with Crippen molar-refractivity contribution in [3.63, 3.8) is 0 Å². The van der Waals surface area contributed by atoms with Gasteiger partial charge in [-0.25, -0.2) is 0 Å². The van der Waals surface area contributed by atoms with Crippen molar-refractivity contribution in [2.75, 3.05) is 13.1 Å². The first kappa shape index (κ1) is 22.3. The van der Waals surface area contributed by atoms with Gasteiger partial charge < -0.3 is 15.5 Å². The van der Waals surface area contributed by atoms with Crippen molar-refractivity contribution in [3.8, 4) is 0 Å². The van der Waals surface area contributed by atoms with Crippen molar-refractivity contribution in [2.45, 2.75) is 46.3 Å². The van der Waals surface area contributed by atoms with Crippen LogP contribution in [-0.2, 0) is 24.4 Å². The zero-order valence-corrected chi connectivity index (χ0v) is 18.5. The maximum absolute atomic E-state index is 12.9. The third kappa shape index (κ3) is 5.02. The molecule has 0 radical (unpaired) electrons. The molecule has 2 amide bonds. The van der Waals surface area contributed by atoms with E-state index in [4.69, 9.17) is 0 Å². The van der Waals surface area contributed by atoms with Gasteiger partial charge in [-0.2, -0.15) is 0 Å². The van der Waals surface area contributed by atoms with E-state index >= 15 is 0 Å². The number of fused-ring (bicyclic) bond motifs is 1. The number of amides is 2. The number of carbonyl (C=O) groups excluding carboxylic acids is 2. The van der Waals surface area contributed by atoms with E-state index in [1.54, 1.807) is 0 Å². The molecule has 0 aromatic heterocycles. The van der Waals surface area contributed by atoms with E-state index < -0.39 is 0 Å². The van der Waals surface area contributed by atoms with Gasteiger partial charge in [0.15, 0.2) is 0 Å². The molecule has 0 spiro atoms. The van der Waals surface area contributed by atoms with Crippen molar-refractivity contribution < 1.29 is 9.59 Å².